The van der Waals surface area contributed by atoms with Crippen LogP contribution in [0.3, 0.4) is 0 Å². The SMILES string of the molecule is CCc1ccc(NC(=O)C(=O)N2CCC(C(N)=O)CC2)cc1. The summed E-state index contributed by atoms with van der Waals surface area (Å²) in [5.74, 6) is -1.76. The highest BCUT2D eigenvalue weighted by molar-refractivity contribution is 6.39. The van der Waals surface area contributed by atoms with Crippen molar-refractivity contribution in [2.45, 2.75) is 26.2 Å². The number of likely N-dealkylation sites (tertiary alicyclic amines) is 1. The van der Waals surface area contributed by atoms with E-state index in [1.165, 1.54) is 4.90 Å². The molecule has 3 amide bonds. The molecule has 0 atom stereocenters. The van der Waals surface area contributed by atoms with Crippen LogP contribution in [0.25, 0.3) is 0 Å². The molecule has 1 aliphatic heterocycles. The van der Waals surface area contributed by atoms with Gasteiger partial charge in [0.2, 0.25) is 5.91 Å². The molecule has 22 heavy (non-hydrogen) atoms. The third kappa shape index (κ3) is 3.84. The molecule has 1 aromatic rings. The molecule has 118 valence electrons. The van der Waals surface area contributed by atoms with Crippen molar-refractivity contribution in [2.75, 3.05) is 18.4 Å². The summed E-state index contributed by atoms with van der Waals surface area (Å²) in [6, 6.07) is 7.39. The van der Waals surface area contributed by atoms with E-state index in [1.54, 1.807) is 12.1 Å². The van der Waals surface area contributed by atoms with Gasteiger partial charge in [-0.25, -0.2) is 0 Å². The molecule has 1 aromatic carbocycles. The molecule has 1 aliphatic rings. The molecule has 0 spiro atoms. The zero-order valence-corrected chi connectivity index (χ0v) is 12.7. The number of piperidine rings is 1. The average molecular weight is 303 g/mol. The molecule has 0 unspecified atom stereocenters. The third-order valence-electron chi connectivity index (χ3n) is 4.00. The highest BCUT2D eigenvalue weighted by atomic mass is 16.2. The topological polar surface area (TPSA) is 92.5 Å². The number of amides is 3. The Bertz CT molecular complexity index is 561. The van der Waals surface area contributed by atoms with Crippen molar-refractivity contribution in [3.8, 4) is 0 Å². The first-order chi connectivity index (χ1) is 10.5. The number of hydrogen-bond donors (Lipinski definition) is 2. The molecule has 1 heterocycles. The summed E-state index contributed by atoms with van der Waals surface area (Å²) in [5.41, 5.74) is 7.02. The van der Waals surface area contributed by atoms with Crippen LogP contribution >= 0.6 is 0 Å². The van der Waals surface area contributed by atoms with E-state index in [0.717, 1.165) is 12.0 Å². The maximum atomic E-state index is 12.1. The molecule has 0 radical (unpaired) electrons. The van der Waals surface area contributed by atoms with Crippen molar-refractivity contribution < 1.29 is 14.4 Å². The van der Waals surface area contributed by atoms with Gasteiger partial charge in [0.25, 0.3) is 0 Å². The quantitative estimate of drug-likeness (QED) is 0.813. The Kier molecular flexibility index (Phi) is 5.14. The predicted molar refractivity (Wildman–Crippen MR) is 82.9 cm³/mol. The van der Waals surface area contributed by atoms with Crippen molar-refractivity contribution >= 4 is 23.4 Å². The van der Waals surface area contributed by atoms with Gasteiger partial charge in [0.1, 0.15) is 0 Å². The predicted octanol–water partition coefficient (Wildman–Crippen LogP) is 0.911. The summed E-state index contributed by atoms with van der Waals surface area (Å²) >= 11 is 0. The highest BCUT2D eigenvalue weighted by Crippen LogP contribution is 2.17. The molecule has 1 saturated heterocycles. The molecular formula is C16H21N3O3. The lowest BCUT2D eigenvalue weighted by atomic mass is 9.96. The van der Waals surface area contributed by atoms with Gasteiger partial charge in [0.15, 0.2) is 0 Å². The largest absolute Gasteiger partial charge is 0.369 e. The molecule has 6 heteroatoms. The number of carbonyl (C=O) groups is 3. The molecule has 3 N–H and O–H groups in total. The number of nitrogens with one attached hydrogen (secondary N) is 1. The lowest BCUT2D eigenvalue weighted by Crippen LogP contribution is -2.46. The summed E-state index contributed by atoms with van der Waals surface area (Å²) in [7, 11) is 0. The first-order valence-electron chi connectivity index (χ1n) is 7.49. The van der Waals surface area contributed by atoms with Crippen LogP contribution in [-0.2, 0) is 20.8 Å². The van der Waals surface area contributed by atoms with Crippen LogP contribution in [0.2, 0.25) is 0 Å². The van der Waals surface area contributed by atoms with Gasteiger partial charge in [-0.05, 0) is 37.0 Å². The second-order valence-electron chi connectivity index (χ2n) is 5.47. The number of rotatable bonds is 3. The number of aryl methyl sites for hydroxylation is 1. The average Bonchev–Trinajstić information content (AvgIpc) is 2.55. The second kappa shape index (κ2) is 7.06. The monoisotopic (exact) mass is 303 g/mol. The lowest BCUT2D eigenvalue weighted by Gasteiger charge is -2.29. The summed E-state index contributed by atoms with van der Waals surface area (Å²) < 4.78 is 0. The van der Waals surface area contributed by atoms with Gasteiger partial charge >= 0.3 is 11.8 Å². The number of hydrogen-bond acceptors (Lipinski definition) is 3. The van der Waals surface area contributed by atoms with Crippen LogP contribution in [-0.4, -0.2) is 35.7 Å². The summed E-state index contributed by atoms with van der Waals surface area (Å²) in [5, 5.41) is 2.60. The summed E-state index contributed by atoms with van der Waals surface area (Å²) in [6.07, 6.45) is 1.95. The highest BCUT2D eigenvalue weighted by Gasteiger charge is 2.29. The molecule has 0 saturated carbocycles. The number of carbonyl (C=O) groups excluding carboxylic acids is 3. The zero-order valence-electron chi connectivity index (χ0n) is 12.7. The molecule has 1 fully saturated rings. The number of primary amides is 1. The number of anilines is 1. The summed E-state index contributed by atoms with van der Waals surface area (Å²) in [4.78, 5) is 36.7. The van der Waals surface area contributed by atoms with Crippen LogP contribution in [0.4, 0.5) is 5.69 Å². The molecule has 0 aliphatic carbocycles. The first-order valence-corrected chi connectivity index (χ1v) is 7.49. The van der Waals surface area contributed by atoms with Gasteiger partial charge in [-0.1, -0.05) is 19.1 Å². The fourth-order valence-electron chi connectivity index (χ4n) is 2.52. The molecular weight excluding hydrogens is 282 g/mol. The Morgan fingerprint density at radius 2 is 1.77 bits per heavy atom. The third-order valence-corrected chi connectivity index (χ3v) is 4.00. The van der Waals surface area contributed by atoms with Crippen LogP contribution in [0.1, 0.15) is 25.3 Å². The van der Waals surface area contributed by atoms with Crippen molar-refractivity contribution in [1.82, 2.24) is 4.90 Å². The van der Waals surface area contributed by atoms with Gasteiger partial charge in [0, 0.05) is 24.7 Å². The Hall–Kier alpha value is -2.37. The van der Waals surface area contributed by atoms with Crippen molar-refractivity contribution in [3.63, 3.8) is 0 Å². The van der Waals surface area contributed by atoms with Gasteiger partial charge in [-0.2, -0.15) is 0 Å². The molecule has 2 rings (SSSR count). The smallest absolute Gasteiger partial charge is 0.313 e. The molecule has 6 nitrogen and oxygen atoms in total. The fraction of sp³-hybridized carbons (Fsp3) is 0.438. The van der Waals surface area contributed by atoms with Crippen molar-refractivity contribution in [2.24, 2.45) is 11.7 Å². The van der Waals surface area contributed by atoms with E-state index in [-0.39, 0.29) is 11.8 Å². The van der Waals surface area contributed by atoms with Crippen molar-refractivity contribution in [1.29, 1.82) is 0 Å². The Labute approximate surface area is 129 Å². The van der Waals surface area contributed by atoms with E-state index in [1.807, 2.05) is 19.1 Å². The van der Waals surface area contributed by atoms with Crippen molar-refractivity contribution in [3.05, 3.63) is 29.8 Å². The van der Waals surface area contributed by atoms with E-state index in [2.05, 4.69) is 5.32 Å². The normalized spacial score (nSPS) is 15.4. The maximum absolute atomic E-state index is 12.1. The van der Waals surface area contributed by atoms with Gasteiger partial charge < -0.3 is 16.0 Å². The fourth-order valence-corrected chi connectivity index (χ4v) is 2.52. The van der Waals surface area contributed by atoms with E-state index < -0.39 is 11.8 Å². The van der Waals surface area contributed by atoms with Gasteiger partial charge in [0.05, 0.1) is 0 Å². The minimum Gasteiger partial charge on any atom is -0.369 e. The van der Waals surface area contributed by atoms with Crippen LogP contribution < -0.4 is 11.1 Å². The van der Waals surface area contributed by atoms with Gasteiger partial charge in [-0.15, -0.1) is 0 Å². The molecule has 0 bridgehead atoms. The molecule has 0 aromatic heterocycles. The minimum atomic E-state index is -0.651. The Morgan fingerprint density at radius 1 is 1.18 bits per heavy atom. The van der Waals surface area contributed by atoms with E-state index in [0.29, 0.717) is 31.6 Å². The number of nitrogens with two attached hydrogens (primary N) is 1. The number of nitrogens with zero attached hydrogens (tertiary/aromatic N) is 1. The van der Waals surface area contributed by atoms with Crippen LogP contribution in [0.15, 0.2) is 24.3 Å². The summed E-state index contributed by atoms with van der Waals surface area (Å²) in [6.45, 7) is 2.82. The Morgan fingerprint density at radius 3 is 2.27 bits per heavy atom. The van der Waals surface area contributed by atoms with Crippen LogP contribution in [0.5, 0.6) is 0 Å². The first kappa shape index (κ1) is 16.0. The second-order valence-corrected chi connectivity index (χ2v) is 5.47. The van der Waals surface area contributed by atoms with Crippen LogP contribution in [0, 0.1) is 5.92 Å². The minimum absolute atomic E-state index is 0.200. The number of benzene rings is 1. The standard InChI is InChI=1S/C16H21N3O3/c1-2-11-3-5-13(6-4-11)18-15(21)16(22)19-9-7-12(8-10-19)14(17)20/h3-6,12H,2,7-10H2,1H3,(H2,17,20)(H,18,21). The van der Waals surface area contributed by atoms with E-state index in [9.17, 15) is 14.4 Å². The van der Waals surface area contributed by atoms with E-state index in [4.69, 9.17) is 5.73 Å². The maximum Gasteiger partial charge on any atom is 0.313 e. The van der Waals surface area contributed by atoms with Gasteiger partial charge in [-0.3, -0.25) is 14.4 Å². The Balaban J connectivity index is 1.89. The zero-order chi connectivity index (χ0) is 16.1. The van der Waals surface area contributed by atoms with E-state index >= 15 is 0 Å². The lowest BCUT2D eigenvalue weighted by molar-refractivity contribution is -0.144.